The molecule has 1 aliphatic heterocycles. The average Bonchev–Trinajstić information content (AvgIpc) is 2.74. The van der Waals surface area contributed by atoms with Crippen molar-refractivity contribution in [3.63, 3.8) is 0 Å². The summed E-state index contributed by atoms with van der Waals surface area (Å²) in [5.41, 5.74) is 0.702. The molecule has 4 nitrogen and oxygen atoms in total. The van der Waals surface area contributed by atoms with Crippen LogP contribution in [0.3, 0.4) is 0 Å². The fourth-order valence-electron chi connectivity index (χ4n) is 4.15. The highest BCUT2D eigenvalue weighted by Gasteiger charge is 2.27. The summed E-state index contributed by atoms with van der Waals surface area (Å²) in [5, 5.41) is 0. The maximum absolute atomic E-state index is 12.9. The van der Waals surface area contributed by atoms with Crippen LogP contribution in [0.15, 0.2) is 8.89 Å². The molecule has 0 spiro atoms. The number of amides is 1. The Morgan fingerprint density at radius 3 is 2.46 bits per heavy atom. The van der Waals surface area contributed by atoms with Crippen LogP contribution in [0.1, 0.15) is 60.4 Å². The van der Waals surface area contributed by atoms with E-state index in [2.05, 4.69) is 20.8 Å². The van der Waals surface area contributed by atoms with Crippen LogP contribution in [0.4, 0.5) is 0 Å². The van der Waals surface area contributed by atoms with Crippen molar-refractivity contribution < 1.29 is 9.21 Å². The largest absolute Gasteiger partial charge is 0.465 e. The Hall–Kier alpha value is -0.810. The van der Waals surface area contributed by atoms with Gasteiger partial charge < -0.3 is 14.2 Å². The van der Waals surface area contributed by atoms with E-state index < -0.39 is 0 Å². The van der Waals surface area contributed by atoms with Crippen molar-refractivity contribution >= 4 is 21.8 Å². The second-order valence-corrected chi connectivity index (χ2v) is 8.15. The van der Waals surface area contributed by atoms with Gasteiger partial charge in [0.2, 0.25) is 0 Å². The van der Waals surface area contributed by atoms with Gasteiger partial charge in [-0.15, -0.1) is 0 Å². The zero-order valence-corrected chi connectivity index (χ0v) is 16.5. The van der Waals surface area contributed by atoms with Gasteiger partial charge in [-0.25, -0.2) is 0 Å². The van der Waals surface area contributed by atoms with Crippen LogP contribution in [0.25, 0.3) is 0 Å². The summed E-state index contributed by atoms with van der Waals surface area (Å²) in [5.74, 6) is 2.47. The standard InChI is InChI=1S/C19H29BrN2O2/c1-14-17(18(20)15(2)24-14)19(23)22-10-6-9-21(11-12-22)13-16-7-4-3-5-8-16/h16H,3-13H2,1-2H3. The summed E-state index contributed by atoms with van der Waals surface area (Å²) in [4.78, 5) is 17.5. The first-order valence-corrected chi connectivity index (χ1v) is 10.1. The van der Waals surface area contributed by atoms with E-state index in [1.165, 1.54) is 38.6 Å². The van der Waals surface area contributed by atoms with Crippen molar-refractivity contribution in [3.05, 3.63) is 21.6 Å². The molecule has 0 radical (unpaired) electrons. The predicted octanol–water partition coefficient (Wildman–Crippen LogP) is 4.39. The molecule has 1 aliphatic carbocycles. The highest BCUT2D eigenvalue weighted by atomic mass is 79.9. The van der Waals surface area contributed by atoms with E-state index in [1.54, 1.807) is 0 Å². The first-order chi connectivity index (χ1) is 11.6. The van der Waals surface area contributed by atoms with Crippen LogP contribution < -0.4 is 0 Å². The fourth-order valence-corrected chi connectivity index (χ4v) is 4.68. The number of carbonyl (C=O) groups is 1. The summed E-state index contributed by atoms with van der Waals surface area (Å²) < 4.78 is 6.42. The molecule has 3 rings (SSSR count). The minimum absolute atomic E-state index is 0.107. The summed E-state index contributed by atoms with van der Waals surface area (Å²) in [6, 6.07) is 0. The summed E-state index contributed by atoms with van der Waals surface area (Å²) in [6.07, 6.45) is 8.05. The molecule has 0 atom stereocenters. The van der Waals surface area contributed by atoms with Crippen LogP contribution in [-0.2, 0) is 0 Å². The first kappa shape index (κ1) is 18.0. The lowest BCUT2D eigenvalue weighted by Crippen LogP contribution is -2.37. The minimum Gasteiger partial charge on any atom is -0.465 e. The van der Waals surface area contributed by atoms with Crippen LogP contribution in [0, 0.1) is 19.8 Å². The Morgan fingerprint density at radius 2 is 1.79 bits per heavy atom. The minimum atomic E-state index is 0.107. The van der Waals surface area contributed by atoms with Gasteiger partial charge >= 0.3 is 0 Å². The lowest BCUT2D eigenvalue weighted by molar-refractivity contribution is 0.0757. The molecule has 134 valence electrons. The number of hydrogen-bond donors (Lipinski definition) is 0. The molecule has 2 fully saturated rings. The van der Waals surface area contributed by atoms with Crippen molar-refractivity contribution in [2.24, 2.45) is 5.92 Å². The number of carbonyl (C=O) groups excluding carboxylic acids is 1. The Kier molecular flexibility index (Phi) is 6.03. The second-order valence-electron chi connectivity index (χ2n) is 7.35. The molecule has 5 heteroatoms. The third-order valence-electron chi connectivity index (χ3n) is 5.52. The molecule has 2 aliphatic rings. The maximum atomic E-state index is 12.9. The zero-order chi connectivity index (χ0) is 17.1. The number of hydrogen-bond acceptors (Lipinski definition) is 3. The first-order valence-electron chi connectivity index (χ1n) is 9.33. The average molecular weight is 397 g/mol. The summed E-state index contributed by atoms with van der Waals surface area (Å²) in [7, 11) is 0. The normalized spacial score (nSPS) is 21.0. The van der Waals surface area contributed by atoms with Gasteiger partial charge in [-0.05, 0) is 61.5 Å². The van der Waals surface area contributed by atoms with Crippen LogP contribution in [0.2, 0.25) is 0 Å². The SMILES string of the molecule is Cc1oc(C)c(C(=O)N2CCCN(CC3CCCCC3)CC2)c1Br. The molecule has 0 N–H and O–H groups in total. The Morgan fingerprint density at radius 1 is 1.04 bits per heavy atom. The monoisotopic (exact) mass is 396 g/mol. The molecule has 0 aromatic carbocycles. The van der Waals surface area contributed by atoms with Gasteiger partial charge in [0.1, 0.15) is 11.5 Å². The summed E-state index contributed by atoms with van der Waals surface area (Å²) in [6.45, 7) is 8.76. The lowest BCUT2D eigenvalue weighted by atomic mass is 9.89. The van der Waals surface area contributed by atoms with Crippen LogP contribution >= 0.6 is 15.9 Å². The highest BCUT2D eigenvalue weighted by Crippen LogP contribution is 2.29. The highest BCUT2D eigenvalue weighted by molar-refractivity contribution is 9.10. The van der Waals surface area contributed by atoms with E-state index in [1.807, 2.05) is 18.7 Å². The molecule has 1 amide bonds. The van der Waals surface area contributed by atoms with Gasteiger partial charge in [-0.1, -0.05) is 19.3 Å². The predicted molar refractivity (Wildman–Crippen MR) is 99.4 cm³/mol. The van der Waals surface area contributed by atoms with Crippen molar-refractivity contribution in [2.45, 2.75) is 52.4 Å². The van der Waals surface area contributed by atoms with Crippen LogP contribution in [-0.4, -0.2) is 48.4 Å². The topological polar surface area (TPSA) is 36.7 Å². The molecule has 0 bridgehead atoms. The number of halogens is 1. The van der Waals surface area contributed by atoms with Gasteiger partial charge in [0.05, 0.1) is 10.0 Å². The van der Waals surface area contributed by atoms with E-state index in [-0.39, 0.29) is 5.91 Å². The van der Waals surface area contributed by atoms with E-state index >= 15 is 0 Å². The van der Waals surface area contributed by atoms with Crippen LogP contribution in [0.5, 0.6) is 0 Å². The summed E-state index contributed by atoms with van der Waals surface area (Å²) >= 11 is 3.51. The molecule has 1 aromatic heterocycles. The number of rotatable bonds is 3. The van der Waals surface area contributed by atoms with Gasteiger partial charge in [-0.2, -0.15) is 0 Å². The Balaban J connectivity index is 1.59. The molecular weight excluding hydrogens is 368 g/mol. The van der Waals surface area contributed by atoms with E-state index in [9.17, 15) is 4.79 Å². The van der Waals surface area contributed by atoms with Gasteiger partial charge in [0.25, 0.3) is 5.91 Å². The Labute approximate surface area is 153 Å². The number of nitrogens with zero attached hydrogens (tertiary/aromatic N) is 2. The third kappa shape index (κ3) is 4.05. The zero-order valence-electron chi connectivity index (χ0n) is 14.9. The fraction of sp³-hybridized carbons (Fsp3) is 0.737. The maximum Gasteiger partial charge on any atom is 0.258 e. The van der Waals surface area contributed by atoms with Gasteiger partial charge in [-0.3, -0.25) is 4.79 Å². The molecule has 1 saturated heterocycles. The molecule has 24 heavy (non-hydrogen) atoms. The molecule has 0 unspecified atom stereocenters. The smallest absolute Gasteiger partial charge is 0.258 e. The van der Waals surface area contributed by atoms with Crippen molar-refractivity contribution in [2.75, 3.05) is 32.7 Å². The van der Waals surface area contributed by atoms with E-state index in [4.69, 9.17) is 4.42 Å². The molecule has 1 aromatic rings. The molecular formula is C19H29BrN2O2. The van der Waals surface area contributed by atoms with Gasteiger partial charge in [0, 0.05) is 26.2 Å². The number of aryl methyl sites for hydroxylation is 2. The number of furan rings is 1. The van der Waals surface area contributed by atoms with Crippen molar-refractivity contribution in [3.8, 4) is 0 Å². The van der Waals surface area contributed by atoms with Crippen molar-refractivity contribution in [1.29, 1.82) is 0 Å². The third-order valence-corrected chi connectivity index (χ3v) is 6.47. The van der Waals surface area contributed by atoms with Gasteiger partial charge in [0.15, 0.2) is 0 Å². The van der Waals surface area contributed by atoms with E-state index in [0.29, 0.717) is 11.3 Å². The quantitative estimate of drug-likeness (QED) is 0.759. The Bertz CT molecular complexity index is 578. The molecule has 2 heterocycles. The van der Waals surface area contributed by atoms with E-state index in [0.717, 1.165) is 48.8 Å². The molecule has 1 saturated carbocycles. The second kappa shape index (κ2) is 8.05. The van der Waals surface area contributed by atoms with Crippen molar-refractivity contribution in [1.82, 2.24) is 9.80 Å². The lowest BCUT2D eigenvalue weighted by Gasteiger charge is -2.28.